The third-order valence-electron chi connectivity index (χ3n) is 7.57. The van der Waals surface area contributed by atoms with Crippen molar-refractivity contribution in [1.29, 1.82) is 0 Å². The largest absolute Gasteiger partial charge is 0.507 e. The zero-order chi connectivity index (χ0) is 28.1. The summed E-state index contributed by atoms with van der Waals surface area (Å²) in [6, 6.07) is 12.3. The number of sulfonamides is 1. The number of carbonyl (C=O) groups excluding carboxylic acids is 3. The quantitative estimate of drug-likeness (QED) is 0.316. The van der Waals surface area contributed by atoms with E-state index < -0.39 is 38.9 Å². The zero-order valence-corrected chi connectivity index (χ0v) is 22.8. The van der Waals surface area contributed by atoms with E-state index in [-0.39, 0.29) is 22.6 Å². The molecule has 0 bridgehead atoms. The normalized spacial score (nSPS) is 23.3. The summed E-state index contributed by atoms with van der Waals surface area (Å²) < 4.78 is 32.0. The van der Waals surface area contributed by atoms with Crippen molar-refractivity contribution < 1.29 is 32.6 Å². The van der Waals surface area contributed by atoms with Crippen LogP contribution in [0.5, 0.6) is 0 Å². The highest BCUT2D eigenvalue weighted by Gasteiger charge is 2.66. The number of likely N-dealkylation sites (tertiary alicyclic amines) is 1. The van der Waals surface area contributed by atoms with E-state index in [1.807, 2.05) is 0 Å². The van der Waals surface area contributed by atoms with E-state index in [1.54, 1.807) is 31.3 Å². The number of hydrogen-bond donors (Lipinski definition) is 1. The molecule has 2 aromatic carbocycles. The fourth-order valence-corrected chi connectivity index (χ4v) is 6.44. The minimum atomic E-state index is -3.86. The third kappa shape index (κ3) is 4.06. The second-order valence-corrected chi connectivity index (χ2v) is 12.0. The number of aliphatic hydroxyl groups excluding tert-OH is 1. The minimum absolute atomic E-state index is 0.00307. The van der Waals surface area contributed by atoms with Crippen LogP contribution in [-0.4, -0.2) is 106 Å². The predicted molar refractivity (Wildman–Crippen MR) is 142 cm³/mol. The first-order chi connectivity index (χ1) is 18.5. The number of ketones is 1. The smallest absolute Gasteiger partial charge is 0.296 e. The first-order valence-corrected chi connectivity index (χ1v) is 14.0. The number of rotatable bonds is 6. The number of hydrogen-bond acceptors (Lipinski definition) is 8. The number of carbonyl (C=O) groups is 3. The number of ether oxygens (including phenoxy) is 1. The maximum absolute atomic E-state index is 14.1. The molecule has 0 radical (unpaired) electrons. The molecular weight excluding hydrogens is 524 g/mol. The molecule has 0 saturated carbocycles. The Morgan fingerprint density at radius 1 is 1.03 bits per heavy atom. The lowest BCUT2D eigenvalue weighted by molar-refractivity contribution is -0.144. The molecule has 1 unspecified atom stereocenters. The number of amides is 2. The Labute approximate surface area is 226 Å². The van der Waals surface area contributed by atoms with Gasteiger partial charge in [0.05, 0.1) is 23.7 Å². The fourth-order valence-electron chi connectivity index (χ4n) is 5.50. The van der Waals surface area contributed by atoms with Crippen LogP contribution >= 0.6 is 0 Å². The summed E-state index contributed by atoms with van der Waals surface area (Å²) in [6.45, 7) is 2.84. The van der Waals surface area contributed by atoms with Crippen LogP contribution in [0.4, 0.5) is 5.69 Å². The van der Waals surface area contributed by atoms with Crippen LogP contribution < -0.4 is 4.90 Å². The lowest BCUT2D eigenvalue weighted by Crippen LogP contribution is -2.53. The summed E-state index contributed by atoms with van der Waals surface area (Å²) in [5.74, 6) is -3.07. The molecule has 3 aliphatic heterocycles. The number of Topliss-reactive ketones (excluding diaryl/α,β-unsaturated/α-hetero) is 1. The average Bonchev–Trinajstić information content (AvgIpc) is 3.30. The monoisotopic (exact) mass is 554 g/mol. The lowest BCUT2D eigenvalue weighted by atomic mass is 9.82. The Morgan fingerprint density at radius 3 is 2.41 bits per heavy atom. The lowest BCUT2D eigenvalue weighted by Gasteiger charge is -2.36. The van der Waals surface area contributed by atoms with Gasteiger partial charge in [-0.15, -0.1) is 0 Å². The van der Waals surface area contributed by atoms with Crippen molar-refractivity contribution in [3.63, 3.8) is 0 Å². The second-order valence-electron chi connectivity index (χ2n) is 9.87. The predicted octanol–water partition coefficient (Wildman–Crippen LogP) is 0.821. The molecule has 3 aliphatic rings. The summed E-state index contributed by atoms with van der Waals surface area (Å²) in [7, 11) is 0.455. The number of para-hydroxylation sites is 1. The molecule has 2 fully saturated rings. The van der Waals surface area contributed by atoms with Gasteiger partial charge in [0.2, 0.25) is 10.0 Å². The standard InChI is InChI=1S/C27H30N4O7S/c1-28(2)39(36,37)19-8-6-7-18(17-19)23(32)22-24(33)25(34)31(12-11-30-13-15-38-16-14-30)27(22)20-9-4-5-10-21(20)29(3)26(27)35/h4-10,17,32H,11-16H2,1-3H3/b23-22-. The molecule has 12 heteroatoms. The second kappa shape index (κ2) is 9.87. The molecule has 1 atom stereocenters. The molecule has 0 aromatic heterocycles. The molecule has 2 amide bonds. The van der Waals surface area contributed by atoms with Crippen molar-refractivity contribution in [2.24, 2.45) is 0 Å². The fraction of sp³-hybridized carbons (Fsp3) is 0.370. The van der Waals surface area contributed by atoms with E-state index in [0.29, 0.717) is 44.1 Å². The van der Waals surface area contributed by atoms with Gasteiger partial charge in [0.25, 0.3) is 17.6 Å². The van der Waals surface area contributed by atoms with Gasteiger partial charge >= 0.3 is 0 Å². The minimum Gasteiger partial charge on any atom is -0.507 e. The molecule has 206 valence electrons. The maximum Gasteiger partial charge on any atom is 0.296 e. The molecule has 2 saturated heterocycles. The molecule has 1 spiro atoms. The number of morpholine rings is 1. The van der Waals surface area contributed by atoms with Crippen LogP contribution in [0.2, 0.25) is 0 Å². The number of aliphatic hydroxyl groups is 1. The van der Waals surface area contributed by atoms with Crippen LogP contribution in [0, 0.1) is 0 Å². The highest BCUT2D eigenvalue weighted by atomic mass is 32.2. The van der Waals surface area contributed by atoms with Crippen molar-refractivity contribution >= 4 is 39.1 Å². The van der Waals surface area contributed by atoms with Crippen molar-refractivity contribution in [3.8, 4) is 0 Å². The van der Waals surface area contributed by atoms with Gasteiger partial charge in [-0.3, -0.25) is 19.3 Å². The third-order valence-corrected chi connectivity index (χ3v) is 9.38. The van der Waals surface area contributed by atoms with Gasteiger partial charge in [0, 0.05) is 64.1 Å². The van der Waals surface area contributed by atoms with E-state index in [1.165, 1.54) is 48.2 Å². The van der Waals surface area contributed by atoms with Gasteiger partial charge in [-0.05, 0) is 18.2 Å². The van der Waals surface area contributed by atoms with Gasteiger partial charge in [-0.25, -0.2) is 12.7 Å². The van der Waals surface area contributed by atoms with Crippen molar-refractivity contribution in [2.45, 2.75) is 10.4 Å². The molecule has 5 rings (SSSR count). The van der Waals surface area contributed by atoms with Gasteiger partial charge in [0.1, 0.15) is 5.76 Å². The Bertz CT molecular complexity index is 1500. The molecule has 11 nitrogen and oxygen atoms in total. The molecule has 0 aliphatic carbocycles. The summed E-state index contributed by atoms with van der Waals surface area (Å²) >= 11 is 0. The highest BCUT2D eigenvalue weighted by Crippen LogP contribution is 2.53. The van der Waals surface area contributed by atoms with E-state index in [9.17, 15) is 27.9 Å². The molecule has 3 heterocycles. The number of nitrogens with zero attached hydrogens (tertiary/aromatic N) is 4. The molecular formula is C27H30N4O7S. The van der Waals surface area contributed by atoms with Crippen LogP contribution in [0.15, 0.2) is 59.0 Å². The van der Waals surface area contributed by atoms with E-state index in [0.717, 1.165) is 4.31 Å². The molecule has 1 N–H and O–H groups in total. The van der Waals surface area contributed by atoms with Crippen LogP contribution in [0.3, 0.4) is 0 Å². The van der Waals surface area contributed by atoms with E-state index in [2.05, 4.69) is 4.90 Å². The van der Waals surface area contributed by atoms with Crippen molar-refractivity contribution in [3.05, 3.63) is 65.2 Å². The van der Waals surface area contributed by atoms with Gasteiger partial charge in [-0.2, -0.15) is 0 Å². The van der Waals surface area contributed by atoms with Crippen LogP contribution in [-0.2, 0) is 34.7 Å². The van der Waals surface area contributed by atoms with E-state index >= 15 is 0 Å². The topological polar surface area (TPSA) is 128 Å². The Kier molecular flexibility index (Phi) is 6.83. The maximum atomic E-state index is 14.1. The number of benzene rings is 2. The Hall–Kier alpha value is -3.58. The zero-order valence-electron chi connectivity index (χ0n) is 22.0. The summed E-state index contributed by atoms with van der Waals surface area (Å²) in [6.07, 6.45) is 0. The Balaban J connectivity index is 1.71. The van der Waals surface area contributed by atoms with Crippen molar-refractivity contribution in [1.82, 2.24) is 14.1 Å². The molecule has 2 aromatic rings. The average molecular weight is 555 g/mol. The number of fused-ring (bicyclic) bond motifs is 2. The van der Waals surface area contributed by atoms with Crippen LogP contribution in [0.25, 0.3) is 5.76 Å². The first kappa shape index (κ1) is 27.0. The van der Waals surface area contributed by atoms with Gasteiger partial charge < -0.3 is 19.6 Å². The van der Waals surface area contributed by atoms with Crippen LogP contribution in [0.1, 0.15) is 11.1 Å². The first-order valence-electron chi connectivity index (χ1n) is 12.5. The molecule has 39 heavy (non-hydrogen) atoms. The number of likely N-dealkylation sites (N-methyl/N-ethyl adjacent to an activating group) is 1. The summed E-state index contributed by atoms with van der Waals surface area (Å²) in [5.41, 5.74) is -1.36. The number of anilines is 1. The van der Waals surface area contributed by atoms with Gasteiger partial charge in [0.15, 0.2) is 5.54 Å². The summed E-state index contributed by atoms with van der Waals surface area (Å²) in [5, 5.41) is 11.6. The highest BCUT2D eigenvalue weighted by molar-refractivity contribution is 7.89. The summed E-state index contributed by atoms with van der Waals surface area (Å²) in [4.78, 5) is 45.9. The van der Waals surface area contributed by atoms with Gasteiger partial charge in [-0.1, -0.05) is 30.3 Å². The Morgan fingerprint density at radius 2 is 1.72 bits per heavy atom. The SMILES string of the molecule is CN1C(=O)C2(/C(=C(\O)c3cccc(S(=O)(=O)N(C)C)c3)C(=O)C(=O)N2CCN2CCOCC2)c2ccccc21. The van der Waals surface area contributed by atoms with Crippen molar-refractivity contribution in [2.75, 3.05) is 65.4 Å². The van der Waals surface area contributed by atoms with E-state index in [4.69, 9.17) is 4.74 Å².